The molecule has 4 atom stereocenters. The fourth-order valence-corrected chi connectivity index (χ4v) is 5.47. The van der Waals surface area contributed by atoms with Crippen LogP contribution in [0.5, 0.6) is 0 Å². The van der Waals surface area contributed by atoms with E-state index < -0.39 is 13.9 Å². The second kappa shape index (κ2) is 5.28. The average molecular weight is 325 g/mol. The molecule has 0 aromatic heterocycles. The van der Waals surface area contributed by atoms with Gasteiger partial charge in [-0.1, -0.05) is 40.3 Å². The molecule has 0 radical (unpaired) electrons. The molecule has 22 heavy (non-hydrogen) atoms. The van der Waals surface area contributed by atoms with Crippen LogP contribution in [0.15, 0.2) is 12.7 Å². The summed E-state index contributed by atoms with van der Waals surface area (Å²) >= 11 is 0. The van der Waals surface area contributed by atoms with E-state index >= 15 is 0 Å². The van der Waals surface area contributed by atoms with Crippen LogP contribution in [0.4, 0.5) is 0 Å². The quantitative estimate of drug-likeness (QED) is 0.629. The number of rotatable bonds is 3. The molecule has 2 aliphatic rings. The van der Waals surface area contributed by atoms with E-state index in [0.29, 0.717) is 6.42 Å². The SMILES string of the molecule is C=C[C@@]1(O)C(=O)CC[C@]2(C)[C@@H](O[Si](C)(C)C(C)(C)C)CC[C@H]21. The number of Topliss-reactive ketones (excluding diaryl/α,β-unsaturated/α-hetero) is 1. The Balaban J connectivity index is 2.29. The van der Waals surface area contributed by atoms with Crippen molar-refractivity contribution in [2.45, 2.75) is 83.2 Å². The molecule has 126 valence electrons. The van der Waals surface area contributed by atoms with Crippen molar-refractivity contribution < 1.29 is 14.3 Å². The summed E-state index contributed by atoms with van der Waals surface area (Å²) in [6.07, 6.45) is 4.60. The highest BCUT2D eigenvalue weighted by molar-refractivity contribution is 6.74. The van der Waals surface area contributed by atoms with Gasteiger partial charge in [-0.3, -0.25) is 4.79 Å². The summed E-state index contributed by atoms with van der Waals surface area (Å²) in [7, 11) is -1.86. The van der Waals surface area contributed by atoms with Gasteiger partial charge in [-0.2, -0.15) is 0 Å². The van der Waals surface area contributed by atoms with Gasteiger partial charge in [0.25, 0.3) is 0 Å². The molecule has 0 heterocycles. The van der Waals surface area contributed by atoms with E-state index in [-0.39, 0.29) is 28.3 Å². The van der Waals surface area contributed by atoms with Crippen LogP contribution < -0.4 is 0 Å². The van der Waals surface area contributed by atoms with Crippen LogP contribution in [-0.2, 0) is 9.22 Å². The normalized spacial score (nSPS) is 39.7. The molecule has 2 rings (SSSR count). The highest BCUT2D eigenvalue weighted by Crippen LogP contribution is 2.57. The standard InChI is InChI=1S/C18H32O3Si/c1-8-18(20)13-9-10-15(17(13,5)12-11-14(18)19)21-22(6,7)16(2,3)4/h8,13,15,20H,1,9-12H2,2-7H3/t13-,15+,17+,18+/m1/s1. The molecule has 0 aliphatic heterocycles. The number of carbonyl (C=O) groups is 1. The van der Waals surface area contributed by atoms with Crippen molar-refractivity contribution in [2.24, 2.45) is 11.3 Å². The lowest BCUT2D eigenvalue weighted by atomic mass is 9.61. The number of ketones is 1. The Bertz CT molecular complexity index is 479. The van der Waals surface area contributed by atoms with E-state index in [1.54, 1.807) is 0 Å². The van der Waals surface area contributed by atoms with Crippen LogP contribution in [-0.4, -0.2) is 30.9 Å². The van der Waals surface area contributed by atoms with Crippen LogP contribution in [0.2, 0.25) is 18.1 Å². The second-order valence-electron chi connectivity index (χ2n) is 8.96. The third kappa shape index (κ3) is 2.53. The van der Waals surface area contributed by atoms with Gasteiger partial charge in [0.15, 0.2) is 14.1 Å². The van der Waals surface area contributed by atoms with Gasteiger partial charge in [0.1, 0.15) is 5.60 Å². The van der Waals surface area contributed by atoms with E-state index in [0.717, 1.165) is 19.3 Å². The van der Waals surface area contributed by atoms with Crippen LogP contribution in [0.3, 0.4) is 0 Å². The molecule has 3 nitrogen and oxygen atoms in total. The smallest absolute Gasteiger partial charge is 0.192 e. The van der Waals surface area contributed by atoms with Crippen molar-refractivity contribution in [3.8, 4) is 0 Å². The Labute approximate surface area is 136 Å². The first-order valence-corrected chi connectivity index (χ1v) is 11.4. The molecule has 0 aromatic rings. The molecule has 4 heteroatoms. The molecule has 0 saturated heterocycles. The predicted molar refractivity (Wildman–Crippen MR) is 92.3 cm³/mol. The summed E-state index contributed by atoms with van der Waals surface area (Å²) in [6.45, 7) is 17.2. The van der Waals surface area contributed by atoms with E-state index in [1.165, 1.54) is 6.08 Å². The third-order valence-corrected chi connectivity index (χ3v) is 11.2. The number of hydrogen-bond acceptors (Lipinski definition) is 3. The van der Waals surface area contributed by atoms with E-state index in [1.807, 2.05) is 0 Å². The molecule has 0 bridgehead atoms. The summed E-state index contributed by atoms with van der Waals surface area (Å²) in [5, 5.41) is 11.0. The van der Waals surface area contributed by atoms with Gasteiger partial charge in [0.2, 0.25) is 0 Å². The first-order chi connectivity index (χ1) is 9.88. The largest absolute Gasteiger partial charge is 0.413 e. The monoisotopic (exact) mass is 324 g/mol. The van der Waals surface area contributed by atoms with Gasteiger partial charge in [-0.05, 0) is 42.8 Å². The van der Waals surface area contributed by atoms with Crippen molar-refractivity contribution in [3.05, 3.63) is 12.7 Å². The van der Waals surface area contributed by atoms with Gasteiger partial charge < -0.3 is 9.53 Å². The molecule has 0 aromatic carbocycles. The van der Waals surface area contributed by atoms with Crippen molar-refractivity contribution in [1.82, 2.24) is 0 Å². The maximum Gasteiger partial charge on any atom is 0.192 e. The summed E-state index contributed by atoms with van der Waals surface area (Å²) in [4.78, 5) is 12.2. The summed E-state index contributed by atoms with van der Waals surface area (Å²) in [6, 6.07) is 0. The molecule has 2 fully saturated rings. The van der Waals surface area contributed by atoms with Gasteiger partial charge in [0, 0.05) is 12.3 Å². The minimum Gasteiger partial charge on any atom is -0.413 e. The Morgan fingerprint density at radius 1 is 1.36 bits per heavy atom. The molecular weight excluding hydrogens is 292 g/mol. The van der Waals surface area contributed by atoms with Crippen molar-refractivity contribution in [2.75, 3.05) is 0 Å². The van der Waals surface area contributed by atoms with Gasteiger partial charge in [0.05, 0.1) is 6.10 Å². The molecule has 0 spiro atoms. The molecular formula is C18H32O3Si. The Morgan fingerprint density at radius 2 is 1.95 bits per heavy atom. The first kappa shape index (κ1) is 17.9. The first-order valence-electron chi connectivity index (χ1n) is 8.45. The van der Waals surface area contributed by atoms with Crippen molar-refractivity contribution in [1.29, 1.82) is 0 Å². The van der Waals surface area contributed by atoms with E-state index in [9.17, 15) is 9.90 Å². The Kier molecular flexibility index (Phi) is 4.30. The van der Waals surface area contributed by atoms with Gasteiger partial charge in [-0.25, -0.2) is 0 Å². The second-order valence-corrected chi connectivity index (χ2v) is 13.7. The lowest BCUT2D eigenvalue weighted by molar-refractivity contribution is -0.152. The number of carbonyl (C=O) groups excluding carboxylic acids is 1. The molecule has 0 unspecified atom stereocenters. The van der Waals surface area contributed by atoms with Crippen LogP contribution in [0.25, 0.3) is 0 Å². The molecule has 2 saturated carbocycles. The number of aliphatic hydroxyl groups is 1. The van der Waals surface area contributed by atoms with Crippen LogP contribution >= 0.6 is 0 Å². The number of hydrogen-bond donors (Lipinski definition) is 1. The zero-order valence-corrected chi connectivity index (χ0v) is 16.0. The third-order valence-electron chi connectivity index (χ3n) is 6.67. The molecule has 0 amide bonds. The predicted octanol–water partition coefficient (Wildman–Crippen LogP) is 4.07. The Morgan fingerprint density at radius 3 is 2.45 bits per heavy atom. The minimum absolute atomic E-state index is 0.0616. The Hall–Kier alpha value is -0.453. The van der Waals surface area contributed by atoms with E-state index in [2.05, 4.69) is 47.4 Å². The fourth-order valence-electron chi connectivity index (χ4n) is 4.02. The van der Waals surface area contributed by atoms with Crippen molar-refractivity contribution >= 4 is 14.1 Å². The van der Waals surface area contributed by atoms with Gasteiger partial charge in [-0.15, -0.1) is 0 Å². The van der Waals surface area contributed by atoms with Crippen LogP contribution in [0.1, 0.15) is 53.4 Å². The lowest BCUT2D eigenvalue weighted by Gasteiger charge is -2.49. The summed E-state index contributed by atoms with van der Waals surface area (Å²) in [5.41, 5.74) is -1.50. The zero-order valence-electron chi connectivity index (χ0n) is 15.0. The molecule has 2 aliphatic carbocycles. The highest BCUT2D eigenvalue weighted by Gasteiger charge is 2.61. The fraction of sp³-hybridized carbons (Fsp3) is 0.833. The average Bonchev–Trinajstić information content (AvgIpc) is 2.71. The lowest BCUT2D eigenvalue weighted by Crippen LogP contribution is -2.57. The topological polar surface area (TPSA) is 46.5 Å². The van der Waals surface area contributed by atoms with Crippen LogP contribution in [0, 0.1) is 11.3 Å². The maximum atomic E-state index is 12.2. The number of fused-ring (bicyclic) bond motifs is 1. The zero-order chi connectivity index (χ0) is 17.0. The van der Waals surface area contributed by atoms with Gasteiger partial charge >= 0.3 is 0 Å². The maximum absolute atomic E-state index is 12.2. The highest BCUT2D eigenvalue weighted by atomic mass is 28.4. The van der Waals surface area contributed by atoms with Crippen molar-refractivity contribution in [3.63, 3.8) is 0 Å². The summed E-state index contributed by atoms with van der Waals surface area (Å²) < 4.78 is 6.69. The minimum atomic E-state index is -1.86. The van der Waals surface area contributed by atoms with E-state index in [4.69, 9.17) is 4.43 Å². The molecule has 1 N–H and O–H groups in total. The summed E-state index contributed by atoms with van der Waals surface area (Å²) in [5.74, 6) is -0.133.